The maximum Gasteiger partial charge on any atom is 0.264 e. The molecule has 0 spiro atoms. The van der Waals surface area contributed by atoms with Crippen LogP contribution in [0, 0.1) is 0 Å². The average molecular weight is 316 g/mol. The molecule has 0 fully saturated rings. The first kappa shape index (κ1) is 17.8. The Kier molecular flexibility index (Phi) is 7.52. The second-order valence-corrected chi connectivity index (χ2v) is 6.09. The molecule has 0 saturated carbocycles. The predicted molar refractivity (Wildman–Crippen MR) is 77.7 cm³/mol. The third kappa shape index (κ3) is 8.56. The minimum Gasteiger partial charge on any atom is -0.377 e. The molecular formula is C14H20O6S. The molecule has 1 aromatic carbocycles. The molecule has 118 valence electrons. The fraction of sp³-hybridized carbons (Fsp3) is 0.500. The van der Waals surface area contributed by atoms with Gasteiger partial charge >= 0.3 is 0 Å². The maximum atomic E-state index is 11.1. The van der Waals surface area contributed by atoms with Crippen LogP contribution >= 0.6 is 0 Å². The van der Waals surface area contributed by atoms with Crippen LogP contribution in [-0.2, 0) is 30.4 Å². The highest BCUT2D eigenvalue weighted by Gasteiger charge is 2.01. The van der Waals surface area contributed by atoms with Gasteiger partial charge in [-0.05, 0) is 12.5 Å². The first-order chi connectivity index (χ1) is 9.88. The summed E-state index contributed by atoms with van der Waals surface area (Å²) in [5, 5.41) is 0. The van der Waals surface area contributed by atoms with Crippen molar-refractivity contribution in [3.05, 3.63) is 35.4 Å². The van der Waals surface area contributed by atoms with E-state index in [0.29, 0.717) is 25.4 Å². The molecule has 0 heterocycles. The zero-order valence-corrected chi connectivity index (χ0v) is 13.0. The van der Waals surface area contributed by atoms with Crippen molar-refractivity contribution in [1.29, 1.82) is 0 Å². The molecular weight excluding hydrogens is 296 g/mol. The standard InChI is InChI=1S/C14H20O6S/c1-12(15)14-5-3-13(4-6-14)11-19-8-7-18-9-10-20-21(2,16)17/h3-6H,7-11H2,1-2H3. The third-order valence-electron chi connectivity index (χ3n) is 2.53. The van der Waals surface area contributed by atoms with Crippen LogP contribution in [0.3, 0.4) is 0 Å². The van der Waals surface area contributed by atoms with Gasteiger partial charge in [-0.3, -0.25) is 8.98 Å². The number of carbonyl (C=O) groups excluding carboxylic acids is 1. The van der Waals surface area contributed by atoms with Crippen LogP contribution in [0.1, 0.15) is 22.8 Å². The Labute approximate surface area is 125 Å². The van der Waals surface area contributed by atoms with E-state index in [0.717, 1.165) is 11.8 Å². The summed E-state index contributed by atoms with van der Waals surface area (Å²) in [6.07, 6.45) is 0.994. The molecule has 0 N–H and O–H groups in total. The first-order valence-electron chi connectivity index (χ1n) is 6.48. The summed E-state index contributed by atoms with van der Waals surface area (Å²) in [6.45, 7) is 2.92. The van der Waals surface area contributed by atoms with Crippen molar-refractivity contribution in [1.82, 2.24) is 0 Å². The second kappa shape index (κ2) is 8.89. The van der Waals surface area contributed by atoms with E-state index in [-0.39, 0.29) is 19.0 Å². The van der Waals surface area contributed by atoms with Gasteiger partial charge in [-0.1, -0.05) is 24.3 Å². The van der Waals surface area contributed by atoms with E-state index in [2.05, 4.69) is 4.18 Å². The van der Waals surface area contributed by atoms with Crippen LogP contribution in [-0.4, -0.2) is 46.9 Å². The number of hydrogen-bond acceptors (Lipinski definition) is 6. The molecule has 0 atom stereocenters. The van der Waals surface area contributed by atoms with Gasteiger partial charge in [0, 0.05) is 5.56 Å². The topological polar surface area (TPSA) is 78.9 Å². The summed E-state index contributed by atoms with van der Waals surface area (Å²) >= 11 is 0. The average Bonchev–Trinajstić information content (AvgIpc) is 2.41. The normalized spacial score (nSPS) is 11.5. The molecule has 0 bridgehead atoms. The van der Waals surface area contributed by atoms with Crippen molar-refractivity contribution in [3.8, 4) is 0 Å². The number of carbonyl (C=O) groups is 1. The number of hydrogen-bond donors (Lipinski definition) is 0. The van der Waals surface area contributed by atoms with E-state index in [1.807, 2.05) is 12.1 Å². The van der Waals surface area contributed by atoms with Gasteiger partial charge in [0.2, 0.25) is 0 Å². The minimum atomic E-state index is -3.40. The fourth-order valence-corrected chi connectivity index (χ4v) is 1.86. The van der Waals surface area contributed by atoms with Gasteiger partial charge in [-0.25, -0.2) is 0 Å². The van der Waals surface area contributed by atoms with Gasteiger partial charge < -0.3 is 9.47 Å². The summed E-state index contributed by atoms with van der Waals surface area (Å²) in [6, 6.07) is 7.22. The molecule has 0 radical (unpaired) electrons. The predicted octanol–water partition coefficient (Wildman–Crippen LogP) is 1.40. The smallest absolute Gasteiger partial charge is 0.264 e. The van der Waals surface area contributed by atoms with Crippen LogP contribution in [0.15, 0.2) is 24.3 Å². The zero-order valence-electron chi connectivity index (χ0n) is 12.2. The highest BCUT2D eigenvalue weighted by Crippen LogP contribution is 2.06. The van der Waals surface area contributed by atoms with Crippen molar-refractivity contribution in [2.45, 2.75) is 13.5 Å². The lowest BCUT2D eigenvalue weighted by Crippen LogP contribution is -2.12. The van der Waals surface area contributed by atoms with Crippen LogP contribution < -0.4 is 0 Å². The number of rotatable bonds is 10. The Morgan fingerprint density at radius 3 is 2.14 bits per heavy atom. The van der Waals surface area contributed by atoms with Crippen LogP contribution in [0.5, 0.6) is 0 Å². The van der Waals surface area contributed by atoms with Crippen molar-refractivity contribution in [2.24, 2.45) is 0 Å². The molecule has 0 amide bonds. The Morgan fingerprint density at radius 2 is 1.57 bits per heavy atom. The molecule has 0 aromatic heterocycles. The highest BCUT2D eigenvalue weighted by molar-refractivity contribution is 7.85. The molecule has 0 unspecified atom stereocenters. The fourth-order valence-electron chi connectivity index (χ4n) is 1.49. The van der Waals surface area contributed by atoms with Gasteiger partial charge in [0.15, 0.2) is 5.78 Å². The van der Waals surface area contributed by atoms with Gasteiger partial charge in [0.25, 0.3) is 10.1 Å². The molecule has 1 aromatic rings. The quantitative estimate of drug-likeness (QED) is 0.369. The lowest BCUT2D eigenvalue weighted by molar-refractivity contribution is 0.0311. The lowest BCUT2D eigenvalue weighted by atomic mass is 10.1. The highest BCUT2D eigenvalue weighted by atomic mass is 32.2. The minimum absolute atomic E-state index is 0.00530. The Morgan fingerprint density at radius 1 is 1.00 bits per heavy atom. The monoisotopic (exact) mass is 316 g/mol. The molecule has 7 heteroatoms. The summed E-state index contributed by atoms with van der Waals surface area (Å²) in [4.78, 5) is 11.1. The number of ether oxygens (including phenoxy) is 2. The van der Waals surface area contributed by atoms with Crippen LogP contribution in [0.25, 0.3) is 0 Å². The lowest BCUT2D eigenvalue weighted by Gasteiger charge is -2.06. The zero-order chi connectivity index (χ0) is 15.7. The number of ketones is 1. The van der Waals surface area contributed by atoms with Crippen molar-refractivity contribution in [3.63, 3.8) is 0 Å². The molecule has 0 aliphatic rings. The Hall–Kier alpha value is -1.28. The van der Waals surface area contributed by atoms with Crippen LogP contribution in [0.4, 0.5) is 0 Å². The van der Waals surface area contributed by atoms with E-state index >= 15 is 0 Å². The number of Topliss-reactive ketones (excluding diaryl/α,β-unsaturated/α-hetero) is 1. The first-order valence-corrected chi connectivity index (χ1v) is 8.30. The Bertz CT molecular complexity index is 535. The van der Waals surface area contributed by atoms with E-state index in [9.17, 15) is 13.2 Å². The van der Waals surface area contributed by atoms with E-state index < -0.39 is 10.1 Å². The SMILES string of the molecule is CC(=O)c1ccc(COCCOCCOS(C)(=O)=O)cc1. The van der Waals surface area contributed by atoms with Gasteiger partial charge in [0.1, 0.15) is 0 Å². The molecule has 0 saturated heterocycles. The molecule has 6 nitrogen and oxygen atoms in total. The molecule has 21 heavy (non-hydrogen) atoms. The van der Waals surface area contributed by atoms with Gasteiger partial charge in [-0.15, -0.1) is 0 Å². The van der Waals surface area contributed by atoms with E-state index in [1.165, 1.54) is 6.92 Å². The third-order valence-corrected chi connectivity index (χ3v) is 3.12. The maximum absolute atomic E-state index is 11.1. The number of benzene rings is 1. The molecule has 0 aliphatic carbocycles. The largest absolute Gasteiger partial charge is 0.377 e. The van der Waals surface area contributed by atoms with Crippen molar-refractivity contribution < 1.29 is 26.9 Å². The van der Waals surface area contributed by atoms with Crippen molar-refractivity contribution >= 4 is 15.9 Å². The second-order valence-electron chi connectivity index (χ2n) is 4.44. The molecule has 0 aliphatic heterocycles. The Balaban J connectivity index is 2.08. The van der Waals surface area contributed by atoms with Gasteiger partial charge in [-0.2, -0.15) is 8.42 Å². The van der Waals surface area contributed by atoms with E-state index in [4.69, 9.17) is 9.47 Å². The summed E-state index contributed by atoms with van der Waals surface area (Å²) < 4.78 is 36.4. The summed E-state index contributed by atoms with van der Waals surface area (Å²) in [5.41, 5.74) is 1.65. The molecule has 1 rings (SSSR count). The summed E-state index contributed by atoms with van der Waals surface area (Å²) in [7, 11) is -3.40. The van der Waals surface area contributed by atoms with E-state index in [1.54, 1.807) is 12.1 Å². The van der Waals surface area contributed by atoms with Crippen molar-refractivity contribution in [2.75, 3.05) is 32.7 Å². The van der Waals surface area contributed by atoms with Gasteiger partial charge in [0.05, 0.1) is 39.3 Å². The van der Waals surface area contributed by atoms with Crippen LogP contribution in [0.2, 0.25) is 0 Å². The summed E-state index contributed by atoms with van der Waals surface area (Å²) in [5.74, 6) is 0.0344.